The zero-order chi connectivity index (χ0) is 25.8. The number of nitrogens with zero attached hydrogens (tertiary/aromatic N) is 1. The Morgan fingerprint density at radius 1 is 0.917 bits per heavy atom. The molecule has 36 heavy (non-hydrogen) atoms. The minimum absolute atomic E-state index is 0.00758. The van der Waals surface area contributed by atoms with Crippen LogP contribution < -0.4 is 0 Å². The molecule has 7 heteroatoms. The summed E-state index contributed by atoms with van der Waals surface area (Å²) in [4.78, 5) is 15.2. The molecule has 0 atom stereocenters. The molecule has 190 valence electrons. The molecule has 3 aromatic rings. The fourth-order valence-electron chi connectivity index (χ4n) is 5.17. The number of ketones is 1. The standard InChI is InChI=1S/C29H28Cl2F3NO/c30-23-8-5-7-22(20-23)28(14-12-27(36)24-9-2-4-11-26(24)31)15-18-35(19-16-28)17-13-21-6-1-3-10-25(21)29(32,33)34/h1-11,20H,12-19H2. The highest BCUT2D eigenvalue weighted by Crippen LogP contribution is 2.41. The Bertz CT molecular complexity index is 1200. The predicted octanol–water partition coefficient (Wildman–Crippen LogP) is 8.25. The summed E-state index contributed by atoms with van der Waals surface area (Å²) in [5, 5.41) is 1.10. The Kier molecular flexibility index (Phi) is 8.44. The molecule has 1 aliphatic heterocycles. The molecule has 2 nitrogen and oxygen atoms in total. The van der Waals surface area contributed by atoms with Gasteiger partial charge in [-0.1, -0.05) is 65.7 Å². The summed E-state index contributed by atoms with van der Waals surface area (Å²) in [5.41, 5.74) is 1.16. The van der Waals surface area contributed by atoms with Crippen LogP contribution in [-0.4, -0.2) is 30.3 Å². The van der Waals surface area contributed by atoms with Crippen molar-refractivity contribution in [2.75, 3.05) is 19.6 Å². The monoisotopic (exact) mass is 533 g/mol. The van der Waals surface area contributed by atoms with Gasteiger partial charge in [-0.05, 0) is 85.6 Å². The van der Waals surface area contributed by atoms with E-state index < -0.39 is 11.7 Å². The van der Waals surface area contributed by atoms with Gasteiger partial charge in [0.1, 0.15) is 0 Å². The van der Waals surface area contributed by atoms with E-state index in [1.807, 2.05) is 18.2 Å². The molecule has 3 aromatic carbocycles. The Balaban J connectivity index is 1.46. The van der Waals surface area contributed by atoms with Gasteiger partial charge in [0, 0.05) is 23.6 Å². The SMILES string of the molecule is O=C(CCC1(c2cccc(Cl)c2)CCN(CCc2ccccc2C(F)(F)F)CC1)c1ccccc1Cl. The van der Waals surface area contributed by atoms with Crippen LogP contribution in [0.15, 0.2) is 72.8 Å². The first-order valence-electron chi connectivity index (χ1n) is 12.1. The van der Waals surface area contributed by atoms with E-state index in [0.717, 1.165) is 37.6 Å². The van der Waals surface area contributed by atoms with Crippen LogP contribution in [0.4, 0.5) is 13.2 Å². The highest BCUT2D eigenvalue weighted by atomic mass is 35.5. The smallest absolute Gasteiger partial charge is 0.303 e. The van der Waals surface area contributed by atoms with Gasteiger partial charge >= 0.3 is 6.18 Å². The van der Waals surface area contributed by atoms with Crippen LogP contribution in [-0.2, 0) is 18.0 Å². The van der Waals surface area contributed by atoms with E-state index >= 15 is 0 Å². The first-order valence-corrected chi connectivity index (χ1v) is 12.8. The third kappa shape index (κ3) is 6.31. The number of hydrogen-bond acceptors (Lipinski definition) is 2. The lowest BCUT2D eigenvalue weighted by Gasteiger charge is -2.42. The summed E-state index contributed by atoms with van der Waals surface area (Å²) in [6.07, 6.45) is -1.41. The van der Waals surface area contributed by atoms with Gasteiger partial charge in [0.2, 0.25) is 0 Å². The van der Waals surface area contributed by atoms with Gasteiger partial charge < -0.3 is 4.90 Å². The second kappa shape index (κ2) is 11.4. The molecule has 0 unspecified atom stereocenters. The second-order valence-electron chi connectivity index (χ2n) is 9.44. The molecule has 0 radical (unpaired) electrons. The highest BCUT2D eigenvalue weighted by molar-refractivity contribution is 6.34. The number of piperidine rings is 1. The number of halogens is 5. The van der Waals surface area contributed by atoms with E-state index in [2.05, 4.69) is 11.0 Å². The average Bonchev–Trinajstić information content (AvgIpc) is 2.86. The van der Waals surface area contributed by atoms with Gasteiger partial charge in [-0.2, -0.15) is 13.2 Å². The van der Waals surface area contributed by atoms with Gasteiger partial charge in [0.05, 0.1) is 10.6 Å². The third-order valence-electron chi connectivity index (χ3n) is 7.28. The summed E-state index contributed by atoms with van der Waals surface area (Å²) >= 11 is 12.6. The first kappa shape index (κ1) is 26.7. The van der Waals surface area contributed by atoms with E-state index in [9.17, 15) is 18.0 Å². The molecule has 0 aliphatic carbocycles. The fraction of sp³-hybridized carbons (Fsp3) is 0.345. The minimum Gasteiger partial charge on any atom is -0.303 e. The normalized spacial score (nSPS) is 16.1. The third-order valence-corrected chi connectivity index (χ3v) is 7.84. The van der Waals surface area contributed by atoms with Crippen molar-refractivity contribution in [3.8, 4) is 0 Å². The van der Waals surface area contributed by atoms with E-state index in [4.69, 9.17) is 23.2 Å². The Morgan fingerprint density at radius 3 is 2.31 bits per heavy atom. The van der Waals surface area contributed by atoms with Crippen molar-refractivity contribution in [2.24, 2.45) is 0 Å². The van der Waals surface area contributed by atoms with Crippen molar-refractivity contribution in [3.05, 3.63) is 105 Å². The molecule has 4 rings (SSSR count). The minimum atomic E-state index is -4.35. The van der Waals surface area contributed by atoms with Crippen molar-refractivity contribution in [1.82, 2.24) is 4.90 Å². The molecule has 1 aliphatic rings. The topological polar surface area (TPSA) is 20.3 Å². The van der Waals surface area contributed by atoms with Crippen LogP contribution in [0.3, 0.4) is 0 Å². The zero-order valence-electron chi connectivity index (χ0n) is 19.8. The Labute approximate surface area is 220 Å². The zero-order valence-corrected chi connectivity index (χ0v) is 21.3. The van der Waals surface area contributed by atoms with Gasteiger partial charge in [0.25, 0.3) is 0 Å². The molecule has 1 fully saturated rings. The summed E-state index contributed by atoms with van der Waals surface area (Å²) < 4.78 is 40.1. The van der Waals surface area contributed by atoms with Gasteiger partial charge in [-0.25, -0.2) is 0 Å². The van der Waals surface area contributed by atoms with Crippen LogP contribution in [0.1, 0.15) is 52.7 Å². The molecule has 0 amide bonds. The van der Waals surface area contributed by atoms with Crippen molar-refractivity contribution in [3.63, 3.8) is 0 Å². The maximum absolute atomic E-state index is 13.4. The molecule has 0 N–H and O–H groups in total. The largest absolute Gasteiger partial charge is 0.416 e. The van der Waals surface area contributed by atoms with Crippen molar-refractivity contribution in [1.29, 1.82) is 0 Å². The van der Waals surface area contributed by atoms with Crippen LogP contribution in [0.5, 0.6) is 0 Å². The van der Waals surface area contributed by atoms with E-state index in [-0.39, 0.29) is 11.2 Å². The molecule has 0 bridgehead atoms. The summed E-state index contributed by atoms with van der Waals surface area (Å²) in [6, 6.07) is 20.6. The molecule has 1 saturated heterocycles. The van der Waals surface area contributed by atoms with Crippen LogP contribution in [0.25, 0.3) is 0 Å². The lowest BCUT2D eigenvalue weighted by molar-refractivity contribution is -0.138. The van der Waals surface area contributed by atoms with Crippen LogP contribution >= 0.6 is 23.2 Å². The average molecular weight is 534 g/mol. The van der Waals surface area contributed by atoms with Crippen molar-refractivity contribution in [2.45, 2.75) is 43.7 Å². The molecule has 0 aromatic heterocycles. The molecule has 0 spiro atoms. The van der Waals surface area contributed by atoms with Crippen molar-refractivity contribution < 1.29 is 18.0 Å². The highest BCUT2D eigenvalue weighted by Gasteiger charge is 2.37. The number of benzene rings is 3. The van der Waals surface area contributed by atoms with E-state index in [1.165, 1.54) is 6.07 Å². The van der Waals surface area contributed by atoms with Gasteiger partial charge in [-0.3, -0.25) is 4.79 Å². The number of likely N-dealkylation sites (tertiary alicyclic amines) is 1. The summed E-state index contributed by atoms with van der Waals surface area (Å²) in [6.45, 7) is 2.03. The number of Topliss-reactive ketones (excluding diaryl/α,β-unsaturated/α-hetero) is 1. The Hall–Kier alpha value is -2.34. The molecule has 1 heterocycles. The number of carbonyl (C=O) groups is 1. The maximum Gasteiger partial charge on any atom is 0.416 e. The second-order valence-corrected chi connectivity index (χ2v) is 10.3. The number of rotatable bonds is 8. The number of hydrogen-bond donors (Lipinski definition) is 0. The summed E-state index contributed by atoms with van der Waals surface area (Å²) in [5.74, 6) is 0.00758. The maximum atomic E-state index is 13.4. The lowest BCUT2D eigenvalue weighted by atomic mass is 9.69. The van der Waals surface area contributed by atoms with Crippen molar-refractivity contribution >= 4 is 29.0 Å². The molecular formula is C29H28Cl2F3NO. The van der Waals surface area contributed by atoms with E-state index in [1.54, 1.807) is 36.4 Å². The van der Waals surface area contributed by atoms with Gasteiger partial charge in [-0.15, -0.1) is 0 Å². The predicted molar refractivity (Wildman–Crippen MR) is 139 cm³/mol. The number of alkyl halides is 3. The van der Waals surface area contributed by atoms with E-state index in [0.29, 0.717) is 47.0 Å². The van der Waals surface area contributed by atoms with Crippen LogP contribution in [0, 0.1) is 0 Å². The fourth-order valence-corrected chi connectivity index (χ4v) is 5.61. The van der Waals surface area contributed by atoms with Crippen LogP contribution in [0.2, 0.25) is 10.0 Å². The summed E-state index contributed by atoms with van der Waals surface area (Å²) in [7, 11) is 0. The number of carbonyl (C=O) groups excluding carboxylic acids is 1. The van der Waals surface area contributed by atoms with Gasteiger partial charge in [0.15, 0.2) is 5.78 Å². The lowest BCUT2D eigenvalue weighted by Crippen LogP contribution is -2.43. The molecule has 0 saturated carbocycles. The first-order chi connectivity index (χ1) is 17.2. The molecular weight excluding hydrogens is 506 g/mol. The quantitative estimate of drug-likeness (QED) is 0.271. The Morgan fingerprint density at radius 2 is 1.61 bits per heavy atom.